The van der Waals surface area contributed by atoms with Crippen LogP contribution >= 0.6 is 0 Å². The molecule has 0 aliphatic heterocycles. The molecular weight excluding hydrogens is 1040 g/mol. The van der Waals surface area contributed by atoms with Crippen LogP contribution in [0.25, 0.3) is 93.6 Å². The van der Waals surface area contributed by atoms with Crippen LogP contribution in [-0.4, -0.2) is 13.7 Å². The fourth-order valence-corrected chi connectivity index (χ4v) is 13.5. The Morgan fingerprint density at radius 1 is 0.244 bits per heavy atom. The number of nitrogens with zero attached hydrogens (tertiary/aromatic N) is 5. The molecule has 5 nitrogen and oxygen atoms in total. The molecule has 0 N–H and O–H groups in total. The second-order valence-corrected chi connectivity index (χ2v) is 22.5. The number of anilines is 6. The molecule has 3 heterocycles. The van der Waals surface area contributed by atoms with Crippen LogP contribution in [0.2, 0.25) is 0 Å². The van der Waals surface area contributed by atoms with Crippen molar-refractivity contribution in [2.75, 3.05) is 9.80 Å². The van der Waals surface area contributed by atoms with Gasteiger partial charge in [-0.15, -0.1) is 0 Å². The molecule has 408 valence electrons. The molecule has 0 bridgehead atoms. The largest absolute Gasteiger partial charge is 0.310 e. The fraction of sp³-hybridized carbons (Fsp3) is 0.0370. The lowest BCUT2D eigenvalue weighted by atomic mass is 9.93. The highest BCUT2D eigenvalue weighted by Gasteiger charge is 2.21. The monoisotopic (exact) mass is 1100 g/mol. The van der Waals surface area contributed by atoms with Crippen molar-refractivity contribution in [1.29, 1.82) is 0 Å². The summed E-state index contributed by atoms with van der Waals surface area (Å²) in [5.74, 6) is 0. The molecule has 0 fully saturated rings. The van der Waals surface area contributed by atoms with Crippen LogP contribution in [-0.2, 0) is 12.8 Å². The third-order valence-corrected chi connectivity index (χ3v) is 17.5. The number of hydrogen-bond acceptors (Lipinski definition) is 2. The normalized spacial score (nSPS) is 11.6. The zero-order valence-electron chi connectivity index (χ0n) is 47.7. The molecule has 0 radical (unpaired) electrons. The van der Waals surface area contributed by atoms with E-state index in [0.717, 1.165) is 64.0 Å². The predicted octanol–water partition coefficient (Wildman–Crippen LogP) is 21.7. The number of fused-ring (bicyclic) bond motifs is 9. The molecule has 0 amide bonds. The summed E-state index contributed by atoms with van der Waals surface area (Å²) in [6.07, 6.45) is 1.86. The highest BCUT2D eigenvalue weighted by atomic mass is 15.2. The molecule has 0 spiro atoms. The smallest absolute Gasteiger partial charge is 0.0541 e. The standard InChI is InChI=1S/C81H59N5/c1-56-19-2-4-23-68(56)69-24-5-3-20-58(69)40-37-57-38-41-59(42-39-57)82(60-43-49-63(50-44-60)84-76-31-12-6-25-70(76)71-26-7-13-32-77(71)84)66-21-18-22-67(55-66)83(61-45-51-64(52-46-61)85-78-33-14-8-27-72(78)73-28-9-15-34-79(73)85)62-47-53-65(54-48-62)86-80-35-16-10-29-74(80)75-30-11-17-36-81(75)86/h2-36,38-39,41-55H,37,40H2,1H3. The van der Waals surface area contributed by atoms with Crippen molar-refractivity contribution in [3.8, 4) is 28.2 Å². The van der Waals surface area contributed by atoms with Gasteiger partial charge in [0.15, 0.2) is 0 Å². The minimum absolute atomic E-state index is 0.923. The first kappa shape index (κ1) is 50.6. The number of aromatic nitrogens is 3. The van der Waals surface area contributed by atoms with Gasteiger partial charge >= 0.3 is 0 Å². The SMILES string of the molecule is Cc1ccccc1-c1ccccc1CCc1ccc(N(c2ccc(-n3c4ccccc4c4ccccc43)cc2)c2cccc(N(c3ccc(-n4c5ccccc5c5ccccc54)cc3)c3ccc(-n4c5ccccc5c5ccccc54)cc3)c2)cc1. The van der Waals surface area contributed by atoms with Crippen molar-refractivity contribution in [3.05, 3.63) is 332 Å². The first-order valence-corrected chi connectivity index (χ1v) is 29.8. The van der Waals surface area contributed by atoms with Crippen molar-refractivity contribution >= 4 is 99.5 Å². The van der Waals surface area contributed by atoms with Crippen molar-refractivity contribution in [2.45, 2.75) is 19.8 Å². The van der Waals surface area contributed by atoms with Crippen LogP contribution in [0.3, 0.4) is 0 Å². The van der Waals surface area contributed by atoms with E-state index in [-0.39, 0.29) is 0 Å². The van der Waals surface area contributed by atoms with Crippen LogP contribution in [0, 0.1) is 6.92 Å². The maximum atomic E-state index is 2.41. The first-order valence-electron chi connectivity index (χ1n) is 29.8. The summed E-state index contributed by atoms with van der Waals surface area (Å²) < 4.78 is 7.17. The Kier molecular flexibility index (Phi) is 12.5. The van der Waals surface area contributed by atoms with Gasteiger partial charge in [0.25, 0.3) is 0 Å². The summed E-state index contributed by atoms with van der Waals surface area (Å²) in [6, 6.07) is 115. The highest BCUT2D eigenvalue weighted by Crippen LogP contribution is 2.43. The van der Waals surface area contributed by atoms with Gasteiger partial charge in [-0.2, -0.15) is 0 Å². The second kappa shape index (κ2) is 21.2. The van der Waals surface area contributed by atoms with E-state index in [1.807, 2.05) is 0 Å². The van der Waals surface area contributed by atoms with E-state index in [9.17, 15) is 0 Å². The lowest BCUT2D eigenvalue weighted by Gasteiger charge is -2.30. The Labute approximate surface area is 500 Å². The van der Waals surface area contributed by atoms with Crippen LogP contribution < -0.4 is 9.80 Å². The van der Waals surface area contributed by atoms with E-state index in [1.165, 1.54) is 93.2 Å². The molecule has 0 aliphatic carbocycles. The van der Waals surface area contributed by atoms with Crippen molar-refractivity contribution in [3.63, 3.8) is 0 Å². The Bertz CT molecular complexity index is 4860. The zero-order valence-corrected chi connectivity index (χ0v) is 47.7. The fourth-order valence-electron chi connectivity index (χ4n) is 13.5. The Hall–Kier alpha value is -11.1. The van der Waals surface area contributed by atoms with Gasteiger partial charge in [-0.25, -0.2) is 0 Å². The third-order valence-electron chi connectivity index (χ3n) is 17.5. The lowest BCUT2D eigenvalue weighted by molar-refractivity contribution is 0.961. The molecule has 0 aliphatic rings. The molecule has 5 heteroatoms. The molecule has 16 aromatic rings. The maximum absolute atomic E-state index is 2.41. The average Bonchev–Trinajstić information content (AvgIpc) is 4.08. The van der Waals surface area contributed by atoms with Gasteiger partial charge in [-0.1, -0.05) is 176 Å². The van der Waals surface area contributed by atoms with Crippen molar-refractivity contribution in [1.82, 2.24) is 13.7 Å². The van der Waals surface area contributed by atoms with E-state index in [1.54, 1.807) is 0 Å². The van der Waals surface area contributed by atoms with Crippen molar-refractivity contribution < 1.29 is 0 Å². The van der Waals surface area contributed by atoms with Gasteiger partial charge in [0.1, 0.15) is 0 Å². The lowest BCUT2D eigenvalue weighted by Crippen LogP contribution is -2.13. The average molecular weight is 1100 g/mol. The van der Waals surface area contributed by atoms with E-state index in [2.05, 4.69) is 346 Å². The molecule has 0 saturated carbocycles. The predicted molar refractivity (Wildman–Crippen MR) is 363 cm³/mol. The summed E-state index contributed by atoms with van der Waals surface area (Å²) in [5.41, 5.74) is 23.3. The van der Waals surface area contributed by atoms with Gasteiger partial charge in [-0.05, 0) is 187 Å². The summed E-state index contributed by atoms with van der Waals surface area (Å²) in [4.78, 5) is 4.81. The highest BCUT2D eigenvalue weighted by molar-refractivity contribution is 6.11. The van der Waals surface area contributed by atoms with Crippen LogP contribution in [0.15, 0.2) is 315 Å². The first-order chi connectivity index (χ1) is 42.6. The van der Waals surface area contributed by atoms with Gasteiger partial charge in [0.2, 0.25) is 0 Å². The van der Waals surface area contributed by atoms with Gasteiger partial charge in [-0.3, -0.25) is 0 Å². The van der Waals surface area contributed by atoms with Gasteiger partial charge in [0.05, 0.1) is 33.1 Å². The number of aryl methyl sites for hydroxylation is 3. The quantitative estimate of drug-likeness (QED) is 0.115. The molecule has 16 rings (SSSR count). The maximum Gasteiger partial charge on any atom is 0.0541 e. The molecule has 0 atom stereocenters. The van der Waals surface area contributed by atoms with E-state index in [0.29, 0.717) is 0 Å². The zero-order chi connectivity index (χ0) is 57.1. The number of benzene rings is 13. The molecule has 0 saturated heterocycles. The molecular formula is C81H59N5. The van der Waals surface area contributed by atoms with Crippen LogP contribution in [0.1, 0.15) is 16.7 Å². The van der Waals surface area contributed by atoms with E-state index in [4.69, 9.17) is 0 Å². The molecule has 3 aromatic heterocycles. The molecule has 13 aromatic carbocycles. The van der Waals surface area contributed by atoms with Crippen LogP contribution in [0.5, 0.6) is 0 Å². The third kappa shape index (κ3) is 8.71. The van der Waals surface area contributed by atoms with Crippen LogP contribution in [0.4, 0.5) is 34.1 Å². The van der Waals surface area contributed by atoms with E-state index < -0.39 is 0 Å². The number of hydrogen-bond donors (Lipinski definition) is 0. The second-order valence-electron chi connectivity index (χ2n) is 22.5. The Morgan fingerprint density at radius 2 is 0.547 bits per heavy atom. The molecule has 0 unspecified atom stereocenters. The minimum atomic E-state index is 0.923. The number of para-hydroxylation sites is 6. The summed E-state index contributed by atoms with van der Waals surface area (Å²) in [5, 5.41) is 7.47. The van der Waals surface area contributed by atoms with Gasteiger partial charge in [0, 0.05) is 83.5 Å². The molecule has 86 heavy (non-hydrogen) atoms. The summed E-state index contributed by atoms with van der Waals surface area (Å²) >= 11 is 0. The Balaban J connectivity index is 0.814. The van der Waals surface area contributed by atoms with E-state index >= 15 is 0 Å². The topological polar surface area (TPSA) is 21.3 Å². The summed E-state index contributed by atoms with van der Waals surface area (Å²) in [7, 11) is 0. The minimum Gasteiger partial charge on any atom is -0.310 e. The van der Waals surface area contributed by atoms with Crippen molar-refractivity contribution in [2.24, 2.45) is 0 Å². The summed E-state index contributed by atoms with van der Waals surface area (Å²) in [6.45, 7) is 2.21. The van der Waals surface area contributed by atoms with Gasteiger partial charge < -0.3 is 23.5 Å². The Morgan fingerprint density at radius 3 is 0.907 bits per heavy atom. The number of rotatable bonds is 13.